The van der Waals surface area contributed by atoms with E-state index in [1.54, 1.807) is 6.92 Å². The molecule has 1 atom stereocenters. The van der Waals surface area contributed by atoms with Crippen LogP contribution >= 0.6 is 11.8 Å². The first kappa shape index (κ1) is 21.9. The van der Waals surface area contributed by atoms with Crippen LogP contribution in [-0.4, -0.2) is 51.0 Å². The molecule has 0 aliphatic carbocycles. The van der Waals surface area contributed by atoms with Crippen molar-refractivity contribution >= 4 is 34.5 Å². The summed E-state index contributed by atoms with van der Waals surface area (Å²) in [6.07, 6.45) is -0.769. The minimum atomic E-state index is -0.769. The lowest BCUT2D eigenvalue weighted by Gasteiger charge is -2.20. The standard InChI is InChI=1S/C19H25N3O5S/c1-11(23)9-22-16(25)13-7-6-12(17(26)27-5)8-14(13)20-18(22)28-10-15(24)21-19(2,3)4/h6-8,11,23H,9-10H2,1-5H3,(H,21,24)/t11-/m1/s1. The van der Waals surface area contributed by atoms with Crippen molar-refractivity contribution in [1.82, 2.24) is 14.9 Å². The van der Waals surface area contributed by atoms with E-state index in [0.717, 1.165) is 11.8 Å². The van der Waals surface area contributed by atoms with E-state index in [2.05, 4.69) is 10.3 Å². The van der Waals surface area contributed by atoms with E-state index in [1.807, 2.05) is 20.8 Å². The second kappa shape index (κ2) is 8.74. The average Bonchev–Trinajstić information content (AvgIpc) is 2.59. The van der Waals surface area contributed by atoms with Gasteiger partial charge in [0.1, 0.15) is 0 Å². The quantitative estimate of drug-likeness (QED) is 0.425. The fourth-order valence-electron chi connectivity index (χ4n) is 2.57. The van der Waals surface area contributed by atoms with E-state index in [4.69, 9.17) is 4.74 Å². The van der Waals surface area contributed by atoms with Crippen molar-refractivity contribution in [3.8, 4) is 0 Å². The number of ether oxygens (including phenoxy) is 1. The molecule has 2 rings (SSSR count). The number of aliphatic hydroxyl groups is 1. The Kier molecular flexibility index (Phi) is 6.84. The van der Waals surface area contributed by atoms with Crippen molar-refractivity contribution in [3.63, 3.8) is 0 Å². The number of aromatic nitrogens is 2. The van der Waals surface area contributed by atoms with Gasteiger partial charge in [0.2, 0.25) is 5.91 Å². The second-order valence-electron chi connectivity index (χ2n) is 7.47. The first-order valence-electron chi connectivity index (χ1n) is 8.76. The van der Waals surface area contributed by atoms with Gasteiger partial charge in [0.05, 0.1) is 42.0 Å². The molecule has 1 amide bonds. The maximum absolute atomic E-state index is 12.9. The fourth-order valence-corrected chi connectivity index (χ4v) is 3.37. The number of nitrogens with one attached hydrogen (secondary N) is 1. The van der Waals surface area contributed by atoms with E-state index in [-0.39, 0.29) is 34.9 Å². The number of methoxy groups -OCH3 is 1. The Morgan fingerprint density at radius 3 is 2.61 bits per heavy atom. The lowest BCUT2D eigenvalue weighted by atomic mass is 10.1. The minimum Gasteiger partial charge on any atom is -0.465 e. The van der Waals surface area contributed by atoms with E-state index in [9.17, 15) is 19.5 Å². The third kappa shape index (κ3) is 5.56. The van der Waals surface area contributed by atoms with Gasteiger partial charge in [-0.15, -0.1) is 0 Å². The number of benzene rings is 1. The summed E-state index contributed by atoms with van der Waals surface area (Å²) in [5.74, 6) is -0.666. The van der Waals surface area contributed by atoms with E-state index >= 15 is 0 Å². The Morgan fingerprint density at radius 1 is 1.36 bits per heavy atom. The first-order chi connectivity index (χ1) is 13.0. The van der Waals surface area contributed by atoms with Crippen LogP contribution in [0.5, 0.6) is 0 Å². The highest BCUT2D eigenvalue weighted by molar-refractivity contribution is 7.99. The molecule has 2 aromatic rings. The van der Waals surface area contributed by atoms with Crippen molar-refractivity contribution in [2.45, 2.75) is 51.0 Å². The highest BCUT2D eigenvalue weighted by Gasteiger charge is 2.18. The molecule has 152 valence electrons. The maximum Gasteiger partial charge on any atom is 0.337 e. The van der Waals surface area contributed by atoms with Gasteiger partial charge in [-0.05, 0) is 45.9 Å². The third-order valence-corrected chi connectivity index (χ3v) is 4.61. The van der Waals surface area contributed by atoms with Gasteiger partial charge in [0.15, 0.2) is 5.16 Å². The zero-order valence-electron chi connectivity index (χ0n) is 16.6. The summed E-state index contributed by atoms with van der Waals surface area (Å²) in [5, 5.41) is 13.2. The Hall–Kier alpha value is -2.39. The summed E-state index contributed by atoms with van der Waals surface area (Å²) < 4.78 is 6.05. The van der Waals surface area contributed by atoms with Crippen molar-refractivity contribution in [1.29, 1.82) is 0 Å². The van der Waals surface area contributed by atoms with Crippen LogP contribution in [0.1, 0.15) is 38.1 Å². The fraction of sp³-hybridized carbons (Fsp3) is 0.474. The van der Waals surface area contributed by atoms with E-state index < -0.39 is 12.1 Å². The molecule has 0 aliphatic rings. The Bertz CT molecular complexity index is 947. The number of carbonyl (C=O) groups is 2. The number of thioether (sulfide) groups is 1. The zero-order chi connectivity index (χ0) is 21.1. The van der Waals surface area contributed by atoms with Gasteiger partial charge >= 0.3 is 5.97 Å². The molecule has 0 spiro atoms. The third-order valence-electron chi connectivity index (χ3n) is 3.63. The largest absolute Gasteiger partial charge is 0.465 e. The van der Waals surface area contributed by atoms with Gasteiger partial charge in [-0.3, -0.25) is 14.2 Å². The van der Waals surface area contributed by atoms with Crippen LogP contribution < -0.4 is 10.9 Å². The van der Waals surface area contributed by atoms with Crippen LogP contribution in [0.25, 0.3) is 10.9 Å². The van der Waals surface area contributed by atoms with E-state index in [0.29, 0.717) is 16.1 Å². The maximum atomic E-state index is 12.9. The predicted molar refractivity (Wildman–Crippen MR) is 108 cm³/mol. The highest BCUT2D eigenvalue weighted by atomic mass is 32.2. The normalized spacial score (nSPS) is 12.6. The number of hydrogen-bond donors (Lipinski definition) is 2. The zero-order valence-corrected chi connectivity index (χ0v) is 17.4. The number of amides is 1. The Labute approximate surface area is 167 Å². The van der Waals surface area contributed by atoms with Gasteiger partial charge < -0.3 is 15.2 Å². The van der Waals surface area contributed by atoms with Gasteiger partial charge in [-0.1, -0.05) is 11.8 Å². The molecule has 0 aliphatic heterocycles. The first-order valence-corrected chi connectivity index (χ1v) is 9.75. The molecular weight excluding hydrogens is 382 g/mol. The summed E-state index contributed by atoms with van der Waals surface area (Å²) in [7, 11) is 1.27. The molecule has 28 heavy (non-hydrogen) atoms. The lowest BCUT2D eigenvalue weighted by Crippen LogP contribution is -2.41. The highest BCUT2D eigenvalue weighted by Crippen LogP contribution is 2.20. The van der Waals surface area contributed by atoms with Crippen LogP contribution in [0, 0.1) is 0 Å². The molecule has 0 fully saturated rings. The molecule has 9 heteroatoms. The van der Waals surface area contributed by atoms with Crippen LogP contribution in [0.15, 0.2) is 28.2 Å². The molecule has 1 aromatic carbocycles. The molecule has 0 saturated heterocycles. The molecule has 8 nitrogen and oxygen atoms in total. The number of carbonyl (C=O) groups excluding carboxylic acids is 2. The summed E-state index contributed by atoms with van der Waals surface area (Å²) >= 11 is 1.10. The number of nitrogens with zero attached hydrogens (tertiary/aromatic N) is 2. The summed E-state index contributed by atoms with van der Waals surface area (Å²) in [5.41, 5.74) is -0.116. The van der Waals surface area contributed by atoms with Crippen molar-refractivity contribution in [2.24, 2.45) is 0 Å². The van der Waals surface area contributed by atoms with Crippen LogP contribution in [0.4, 0.5) is 0 Å². The van der Waals surface area contributed by atoms with Crippen molar-refractivity contribution < 1.29 is 19.4 Å². The van der Waals surface area contributed by atoms with Gasteiger partial charge in [-0.2, -0.15) is 0 Å². The number of aliphatic hydroxyl groups excluding tert-OH is 1. The summed E-state index contributed by atoms with van der Waals surface area (Å²) in [6.45, 7) is 7.24. The van der Waals surface area contributed by atoms with Crippen LogP contribution in [0.2, 0.25) is 0 Å². The monoisotopic (exact) mass is 407 g/mol. The number of hydrogen-bond acceptors (Lipinski definition) is 7. The SMILES string of the molecule is COC(=O)c1ccc2c(=O)n(C[C@@H](C)O)c(SCC(=O)NC(C)(C)C)nc2c1. The van der Waals surface area contributed by atoms with Gasteiger partial charge in [-0.25, -0.2) is 9.78 Å². The van der Waals surface area contributed by atoms with Crippen molar-refractivity contribution in [2.75, 3.05) is 12.9 Å². The Balaban J connectivity index is 2.46. The lowest BCUT2D eigenvalue weighted by molar-refractivity contribution is -0.119. The average molecular weight is 407 g/mol. The summed E-state index contributed by atoms with van der Waals surface area (Å²) in [4.78, 5) is 41.3. The molecule has 1 aromatic heterocycles. The Morgan fingerprint density at radius 2 is 2.04 bits per heavy atom. The van der Waals surface area contributed by atoms with Crippen molar-refractivity contribution in [3.05, 3.63) is 34.1 Å². The number of rotatable bonds is 6. The molecule has 1 heterocycles. The van der Waals surface area contributed by atoms with E-state index in [1.165, 1.54) is 29.9 Å². The number of fused-ring (bicyclic) bond motifs is 1. The smallest absolute Gasteiger partial charge is 0.337 e. The molecular formula is C19H25N3O5S. The van der Waals surface area contributed by atoms with Crippen LogP contribution in [0.3, 0.4) is 0 Å². The minimum absolute atomic E-state index is 0.0454. The summed E-state index contributed by atoms with van der Waals surface area (Å²) in [6, 6.07) is 4.48. The van der Waals surface area contributed by atoms with Crippen LogP contribution in [-0.2, 0) is 16.1 Å². The molecule has 0 radical (unpaired) electrons. The molecule has 0 saturated carbocycles. The van der Waals surface area contributed by atoms with Gasteiger partial charge in [0.25, 0.3) is 5.56 Å². The topological polar surface area (TPSA) is 111 Å². The number of esters is 1. The predicted octanol–water partition coefficient (Wildman–Crippen LogP) is 1.57. The molecule has 0 bridgehead atoms. The van der Waals surface area contributed by atoms with Gasteiger partial charge in [0, 0.05) is 5.54 Å². The molecule has 0 unspecified atom stereocenters. The second-order valence-corrected chi connectivity index (χ2v) is 8.41. The molecule has 2 N–H and O–H groups in total.